The summed E-state index contributed by atoms with van der Waals surface area (Å²) in [5, 5.41) is 4.09. The van der Waals surface area contributed by atoms with Crippen LogP contribution in [0.3, 0.4) is 0 Å². The zero-order valence-corrected chi connectivity index (χ0v) is 13.7. The first-order valence-electron chi connectivity index (χ1n) is 7.68. The van der Waals surface area contributed by atoms with Crippen LogP contribution in [0.4, 0.5) is 0 Å². The summed E-state index contributed by atoms with van der Waals surface area (Å²) in [5.74, 6) is 1.66. The van der Waals surface area contributed by atoms with Gasteiger partial charge in [0, 0.05) is 12.5 Å². The van der Waals surface area contributed by atoms with Crippen LogP contribution in [0.2, 0.25) is 0 Å². The summed E-state index contributed by atoms with van der Waals surface area (Å²) in [5.41, 5.74) is -0.850. The van der Waals surface area contributed by atoms with Crippen LogP contribution < -0.4 is 0 Å². The van der Waals surface area contributed by atoms with E-state index in [0.717, 1.165) is 19.3 Å². The molecule has 21 heavy (non-hydrogen) atoms. The van der Waals surface area contributed by atoms with Gasteiger partial charge in [0.25, 0.3) is 0 Å². The number of hydrogen-bond donors (Lipinski definition) is 0. The fourth-order valence-electron chi connectivity index (χ4n) is 2.90. The van der Waals surface area contributed by atoms with Crippen LogP contribution in [0.25, 0.3) is 0 Å². The minimum Gasteiger partial charge on any atom is -0.370 e. The fourth-order valence-corrected chi connectivity index (χ4v) is 2.90. The number of rotatable bonds is 4. The van der Waals surface area contributed by atoms with Crippen molar-refractivity contribution in [2.45, 2.75) is 65.4 Å². The Hall–Kier alpha value is -1.23. The number of ether oxygens (including phenoxy) is 1. The molecule has 118 valence electrons. The van der Waals surface area contributed by atoms with Gasteiger partial charge in [0.2, 0.25) is 11.7 Å². The van der Waals surface area contributed by atoms with Crippen molar-refractivity contribution in [1.29, 1.82) is 0 Å². The van der Waals surface area contributed by atoms with Gasteiger partial charge < -0.3 is 9.26 Å². The second-order valence-electron chi connectivity index (χ2n) is 7.26. The van der Waals surface area contributed by atoms with Crippen molar-refractivity contribution in [2.75, 3.05) is 7.11 Å². The molecule has 1 aliphatic rings. The molecule has 1 heterocycles. The van der Waals surface area contributed by atoms with E-state index in [1.807, 2.05) is 20.8 Å². The van der Waals surface area contributed by atoms with E-state index >= 15 is 0 Å². The van der Waals surface area contributed by atoms with E-state index in [9.17, 15) is 4.79 Å². The predicted molar refractivity (Wildman–Crippen MR) is 78.8 cm³/mol. The van der Waals surface area contributed by atoms with Crippen molar-refractivity contribution in [2.24, 2.45) is 11.3 Å². The Labute approximate surface area is 126 Å². The van der Waals surface area contributed by atoms with Gasteiger partial charge in [-0.05, 0) is 25.2 Å². The molecule has 0 spiro atoms. The molecule has 2 rings (SSSR count). The monoisotopic (exact) mass is 294 g/mol. The first-order valence-corrected chi connectivity index (χ1v) is 7.68. The van der Waals surface area contributed by atoms with Gasteiger partial charge in [0.15, 0.2) is 0 Å². The van der Waals surface area contributed by atoms with Gasteiger partial charge in [-0.2, -0.15) is 4.98 Å². The van der Waals surface area contributed by atoms with Crippen molar-refractivity contribution < 1.29 is 14.1 Å². The molecule has 0 amide bonds. The molecule has 0 saturated heterocycles. The molecule has 2 atom stereocenters. The van der Waals surface area contributed by atoms with E-state index in [2.05, 4.69) is 17.1 Å². The lowest BCUT2D eigenvalue weighted by atomic mass is 9.78. The van der Waals surface area contributed by atoms with Crippen LogP contribution in [-0.4, -0.2) is 23.0 Å². The Morgan fingerprint density at radius 2 is 2.19 bits per heavy atom. The van der Waals surface area contributed by atoms with E-state index in [-0.39, 0.29) is 12.2 Å². The lowest BCUT2D eigenvalue weighted by Crippen LogP contribution is -2.35. The number of methoxy groups -OCH3 is 1. The second kappa shape index (κ2) is 5.87. The second-order valence-corrected chi connectivity index (χ2v) is 7.26. The molecule has 1 aliphatic carbocycles. The highest BCUT2D eigenvalue weighted by atomic mass is 16.5. The summed E-state index contributed by atoms with van der Waals surface area (Å²) < 4.78 is 11.0. The molecule has 0 radical (unpaired) electrons. The number of nitrogens with zero attached hydrogens (tertiary/aromatic N) is 2. The number of Topliss-reactive ketones (excluding diaryl/α,β-unsaturated/α-hetero) is 1. The van der Waals surface area contributed by atoms with Crippen LogP contribution in [0.5, 0.6) is 0 Å². The van der Waals surface area contributed by atoms with Gasteiger partial charge in [-0.3, -0.25) is 4.79 Å². The van der Waals surface area contributed by atoms with Crippen LogP contribution in [0.1, 0.15) is 65.1 Å². The summed E-state index contributed by atoms with van der Waals surface area (Å²) in [6.07, 6.45) is 4.29. The van der Waals surface area contributed by atoms with Crippen molar-refractivity contribution in [1.82, 2.24) is 10.1 Å². The Bertz CT molecular complexity index is 504. The average Bonchev–Trinajstić information content (AvgIpc) is 2.86. The molecule has 1 fully saturated rings. The highest BCUT2D eigenvalue weighted by Crippen LogP contribution is 2.41. The number of carbonyl (C=O) groups is 1. The van der Waals surface area contributed by atoms with Gasteiger partial charge in [-0.15, -0.1) is 0 Å². The molecular weight excluding hydrogens is 268 g/mol. The molecule has 1 aromatic heterocycles. The molecule has 5 nitrogen and oxygen atoms in total. The molecule has 0 N–H and O–H groups in total. The molecular formula is C16H26N2O3. The highest BCUT2D eigenvalue weighted by molar-refractivity contribution is 5.84. The maximum absolute atomic E-state index is 12.1. The first kappa shape index (κ1) is 16.1. The van der Waals surface area contributed by atoms with Gasteiger partial charge in [0.05, 0.1) is 6.42 Å². The average molecular weight is 294 g/mol. The van der Waals surface area contributed by atoms with E-state index in [1.165, 1.54) is 6.42 Å². The summed E-state index contributed by atoms with van der Waals surface area (Å²) in [7, 11) is 1.70. The van der Waals surface area contributed by atoms with Gasteiger partial charge in [0.1, 0.15) is 11.4 Å². The van der Waals surface area contributed by atoms with Crippen molar-refractivity contribution in [3.05, 3.63) is 11.7 Å². The van der Waals surface area contributed by atoms with Crippen molar-refractivity contribution >= 4 is 5.78 Å². The maximum Gasteiger partial charge on any atom is 0.234 e. The zero-order chi connectivity index (χ0) is 15.7. The molecule has 0 bridgehead atoms. The molecule has 0 aliphatic heterocycles. The third kappa shape index (κ3) is 3.51. The summed E-state index contributed by atoms with van der Waals surface area (Å²) in [6.45, 7) is 7.90. The van der Waals surface area contributed by atoms with Gasteiger partial charge in [-0.1, -0.05) is 39.3 Å². The number of aromatic nitrogens is 2. The Kier molecular flexibility index (Phi) is 4.51. The lowest BCUT2D eigenvalue weighted by Gasteiger charge is -2.36. The predicted octanol–water partition coefficient (Wildman–Crippen LogP) is 3.28. The van der Waals surface area contributed by atoms with E-state index in [1.54, 1.807) is 7.11 Å². The molecule has 1 saturated carbocycles. The number of hydrogen-bond acceptors (Lipinski definition) is 5. The zero-order valence-electron chi connectivity index (χ0n) is 13.7. The Balaban J connectivity index is 2.16. The van der Waals surface area contributed by atoms with Gasteiger partial charge >= 0.3 is 0 Å². The maximum atomic E-state index is 12.1. The lowest BCUT2D eigenvalue weighted by molar-refractivity contribution is -0.125. The van der Waals surface area contributed by atoms with Crippen LogP contribution >= 0.6 is 0 Å². The Morgan fingerprint density at radius 3 is 2.76 bits per heavy atom. The third-order valence-corrected chi connectivity index (χ3v) is 4.37. The SMILES string of the molecule is COC1(c2noc(CC(=O)C(C)(C)C)n2)CCCC(C)C1. The molecule has 2 unspecified atom stereocenters. The quantitative estimate of drug-likeness (QED) is 0.852. The third-order valence-electron chi connectivity index (χ3n) is 4.37. The minimum absolute atomic E-state index is 0.0983. The van der Waals surface area contributed by atoms with Crippen LogP contribution in [0.15, 0.2) is 4.52 Å². The molecule has 1 aromatic rings. The van der Waals surface area contributed by atoms with E-state index in [4.69, 9.17) is 9.26 Å². The summed E-state index contributed by atoms with van der Waals surface area (Å²) >= 11 is 0. The minimum atomic E-state index is -0.454. The fraction of sp³-hybridized carbons (Fsp3) is 0.812. The first-order chi connectivity index (χ1) is 9.77. The number of ketones is 1. The standard InChI is InChI=1S/C16H26N2O3/c1-11-7-6-8-16(10-11,20-5)14-17-13(21-18-14)9-12(19)15(2,3)4/h11H,6-10H2,1-5H3. The number of carbonyl (C=O) groups excluding carboxylic acids is 1. The topological polar surface area (TPSA) is 65.2 Å². The van der Waals surface area contributed by atoms with E-state index in [0.29, 0.717) is 17.6 Å². The smallest absolute Gasteiger partial charge is 0.234 e. The molecule has 0 aromatic carbocycles. The normalized spacial score (nSPS) is 26.8. The summed E-state index contributed by atoms with van der Waals surface area (Å²) in [4.78, 5) is 16.5. The van der Waals surface area contributed by atoms with Crippen LogP contribution in [-0.2, 0) is 21.6 Å². The van der Waals surface area contributed by atoms with Crippen LogP contribution in [0, 0.1) is 11.3 Å². The van der Waals surface area contributed by atoms with E-state index < -0.39 is 11.0 Å². The largest absolute Gasteiger partial charge is 0.370 e. The highest BCUT2D eigenvalue weighted by Gasteiger charge is 2.41. The molecule has 5 heteroatoms. The Morgan fingerprint density at radius 1 is 1.48 bits per heavy atom. The summed E-state index contributed by atoms with van der Waals surface area (Å²) in [6, 6.07) is 0. The van der Waals surface area contributed by atoms with Crippen molar-refractivity contribution in [3.63, 3.8) is 0 Å². The van der Waals surface area contributed by atoms with Crippen molar-refractivity contribution in [3.8, 4) is 0 Å². The van der Waals surface area contributed by atoms with Gasteiger partial charge in [-0.25, -0.2) is 0 Å².